The van der Waals surface area contributed by atoms with Crippen molar-refractivity contribution in [3.8, 4) is 22.8 Å². The van der Waals surface area contributed by atoms with Gasteiger partial charge < -0.3 is 18.9 Å². The summed E-state index contributed by atoms with van der Waals surface area (Å²) in [6.45, 7) is 4.33. The van der Waals surface area contributed by atoms with Crippen LogP contribution < -0.4 is 9.47 Å². The van der Waals surface area contributed by atoms with Crippen LogP contribution in [-0.4, -0.2) is 40.1 Å². The van der Waals surface area contributed by atoms with Gasteiger partial charge >= 0.3 is 0 Å². The Labute approximate surface area is 213 Å². The number of hydrogen-bond acceptors (Lipinski definition) is 4. The second-order valence-electron chi connectivity index (χ2n) is 10.6. The molecule has 0 atom stereocenters. The summed E-state index contributed by atoms with van der Waals surface area (Å²) in [5.41, 5.74) is 4.84. The summed E-state index contributed by atoms with van der Waals surface area (Å²) in [6, 6.07) is 12.1. The van der Waals surface area contributed by atoms with Gasteiger partial charge in [-0.2, -0.15) is 0 Å². The van der Waals surface area contributed by atoms with Gasteiger partial charge in [0.25, 0.3) is 5.91 Å². The Morgan fingerprint density at radius 2 is 1.94 bits per heavy atom. The number of aryl methyl sites for hydroxylation is 3. The topological polar surface area (TPSA) is 56.6 Å². The number of fused-ring (bicyclic) bond motifs is 1. The molecule has 36 heavy (non-hydrogen) atoms. The zero-order valence-corrected chi connectivity index (χ0v) is 21.3. The maximum absolute atomic E-state index is 13.8. The van der Waals surface area contributed by atoms with E-state index in [4.69, 9.17) is 14.5 Å². The Balaban J connectivity index is 1.32. The van der Waals surface area contributed by atoms with Gasteiger partial charge in [-0.15, -0.1) is 0 Å². The number of imidazole rings is 1. The normalized spacial score (nSPS) is 16.9. The standard InChI is InChI=1S/C30H35N3O3/c1-20-8-11-23(16-28(20)35-2)30(34)33(17-21-9-10-21)18-24-15-22(12-13-27(24)36-25-5-3-6-25)26-19-32-14-4-7-29(32)31-26/h8,11-13,15-16,19,21,25H,3-7,9-10,14,17-18H2,1-2H3. The summed E-state index contributed by atoms with van der Waals surface area (Å²) in [4.78, 5) is 20.7. The smallest absolute Gasteiger partial charge is 0.254 e. The highest BCUT2D eigenvalue weighted by Gasteiger charge is 2.29. The zero-order chi connectivity index (χ0) is 24.6. The molecule has 2 saturated carbocycles. The minimum atomic E-state index is 0.0427. The van der Waals surface area contributed by atoms with Crippen molar-refractivity contribution >= 4 is 5.91 Å². The van der Waals surface area contributed by atoms with Crippen molar-refractivity contribution in [1.82, 2.24) is 14.5 Å². The first-order valence-corrected chi connectivity index (χ1v) is 13.4. The van der Waals surface area contributed by atoms with Crippen molar-refractivity contribution in [2.75, 3.05) is 13.7 Å². The third-order valence-corrected chi connectivity index (χ3v) is 7.84. The van der Waals surface area contributed by atoms with Crippen LogP contribution in [0.4, 0.5) is 0 Å². The van der Waals surface area contributed by atoms with E-state index in [1.165, 1.54) is 31.5 Å². The van der Waals surface area contributed by atoms with Crippen molar-refractivity contribution in [3.63, 3.8) is 0 Å². The monoisotopic (exact) mass is 485 g/mol. The molecule has 2 aliphatic carbocycles. The Bertz CT molecular complexity index is 1250. The van der Waals surface area contributed by atoms with Crippen molar-refractivity contribution < 1.29 is 14.3 Å². The van der Waals surface area contributed by atoms with E-state index in [9.17, 15) is 4.79 Å². The summed E-state index contributed by atoms with van der Waals surface area (Å²) in [5.74, 6) is 3.43. The number of amides is 1. The molecular formula is C30H35N3O3. The quantitative estimate of drug-likeness (QED) is 0.385. The van der Waals surface area contributed by atoms with Gasteiger partial charge in [-0.25, -0.2) is 4.98 Å². The van der Waals surface area contributed by atoms with E-state index in [1.807, 2.05) is 30.0 Å². The number of methoxy groups -OCH3 is 1. The molecule has 6 heteroatoms. The highest BCUT2D eigenvalue weighted by molar-refractivity contribution is 5.94. The van der Waals surface area contributed by atoms with Crippen LogP contribution in [0, 0.1) is 12.8 Å². The molecule has 6 nitrogen and oxygen atoms in total. The van der Waals surface area contributed by atoms with Gasteiger partial charge in [0.15, 0.2) is 0 Å². The summed E-state index contributed by atoms with van der Waals surface area (Å²) >= 11 is 0. The Kier molecular flexibility index (Phi) is 6.20. The predicted octanol–water partition coefficient (Wildman–Crippen LogP) is 5.80. The van der Waals surface area contributed by atoms with E-state index in [-0.39, 0.29) is 12.0 Å². The molecular weight excluding hydrogens is 450 g/mol. The molecule has 0 bridgehead atoms. The first-order chi connectivity index (χ1) is 17.6. The number of rotatable bonds is 9. The van der Waals surface area contributed by atoms with E-state index in [2.05, 4.69) is 29.0 Å². The van der Waals surface area contributed by atoms with E-state index in [0.717, 1.165) is 66.2 Å². The largest absolute Gasteiger partial charge is 0.496 e. The Hall–Kier alpha value is -3.28. The van der Waals surface area contributed by atoms with Crippen LogP contribution in [0.25, 0.3) is 11.3 Å². The summed E-state index contributed by atoms with van der Waals surface area (Å²) in [7, 11) is 1.65. The van der Waals surface area contributed by atoms with Gasteiger partial charge in [0, 0.05) is 48.9 Å². The number of aromatic nitrogens is 2. The maximum Gasteiger partial charge on any atom is 0.254 e. The van der Waals surface area contributed by atoms with Gasteiger partial charge in [-0.05, 0) is 87.3 Å². The molecule has 1 aliphatic heterocycles. The molecule has 3 aromatic rings. The zero-order valence-electron chi connectivity index (χ0n) is 21.3. The molecule has 188 valence electrons. The molecule has 1 amide bonds. The number of carbonyl (C=O) groups excluding carboxylic acids is 1. The molecule has 0 N–H and O–H groups in total. The molecule has 0 unspecified atom stereocenters. The summed E-state index contributed by atoms with van der Waals surface area (Å²) in [5, 5.41) is 0. The van der Waals surface area contributed by atoms with E-state index >= 15 is 0 Å². The van der Waals surface area contributed by atoms with Gasteiger partial charge in [-0.3, -0.25) is 4.79 Å². The molecule has 1 aromatic heterocycles. The van der Waals surface area contributed by atoms with E-state index in [0.29, 0.717) is 18.0 Å². The first-order valence-electron chi connectivity index (χ1n) is 13.4. The van der Waals surface area contributed by atoms with Gasteiger partial charge in [0.1, 0.15) is 17.3 Å². The minimum Gasteiger partial charge on any atom is -0.496 e. The molecule has 0 saturated heterocycles. The predicted molar refractivity (Wildman–Crippen MR) is 139 cm³/mol. The lowest BCUT2D eigenvalue weighted by Gasteiger charge is -2.29. The molecule has 0 radical (unpaired) electrons. The molecule has 2 fully saturated rings. The number of benzene rings is 2. The average molecular weight is 486 g/mol. The minimum absolute atomic E-state index is 0.0427. The van der Waals surface area contributed by atoms with Crippen LogP contribution in [-0.2, 0) is 19.5 Å². The van der Waals surface area contributed by atoms with Crippen LogP contribution >= 0.6 is 0 Å². The SMILES string of the molecule is COc1cc(C(=O)N(Cc2cc(-c3cn4c(n3)CCC4)ccc2OC2CCC2)CC2CC2)ccc1C. The van der Waals surface area contributed by atoms with Gasteiger partial charge in [0.2, 0.25) is 0 Å². The number of hydrogen-bond donors (Lipinski definition) is 0. The highest BCUT2D eigenvalue weighted by Crippen LogP contribution is 2.35. The molecule has 0 spiro atoms. The third-order valence-electron chi connectivity index (χ3n) is 7.84. The second-order valence-corrected chi connectivity index (χ2v) is 10.6. The third kappa shape index (κ3) is 4.73. The fraction of sp³-hybridized carbons (Fsp3) is 0.467. The van der Waals surface area contributed by atoms with Gasteiger partial charge in [0.05, 0.1) is 18.9 Å². The lowest BCUT2D eigenvalue weighted by Crippen LogP contribution is -2.33. The average Bonchev–Trinajstić information content (AvgIpc) is 3.41. The molecule has 3 aliphatic rings. The first kappa shape index (κ1) is 23.1. The second kappa shape index (κ2) is 9.64. The fourth-order valence-corrected chi connectivity index (χ4v) is 5.21. The van der Waals surface area contributed by atoms with Crippen LogP contribution in [0.15, 0.2) is 42.6 Å². The number of nitrogens with zero attached hydrogens (tertiary/aromatic N) is 3. The highest BCUT2D eigenvalue weighted by atomic mass is 16.5. The number of carbonyl (C=O) groups is 1. The summed E-state index contributed by atoms with van der Waals surface area (Å²) < 4.78 is 14.2. The van der Waals surface area contributed by atoms with Crippen LogP contribution in [0.3, 0.4) is 0 Å². The van der Waals surface area contributed by atoms with Crippen molar-refractivity contribution in [3.05, 3.63) is 65.1 Å². The lowest BCUT2D eigenvalue weighted by atomic mass is 9.96. The van der Waals surface area contributed by atoms with Crippen LogP contribution in [0.2, 0.25) is 0 Å². The Morgan fingerprint density at radius 3 is 2.67 bits per heavy atom. The van der Waals surface area contributed by atoms with E-state index in [1.54, 1.807) is 7.11 Å². The molecule has 2 aromatic carbocycles. The molecule has 2 heterocycles. The van der Waals surface area contributed by atoms with Crippen molar-refractivity contribution in [1.29, 1.82) is 0 Å². The number of ether oxygens (including phenoxy) is 2. The van der Waals surface area contributed by atoms with Gasteiger partial charge in [-0.1, -0.05) is 6.07 Å². The van der Waals surface area contributed by atoms with Crippen LogP contribution in [0.1, 0.15) is 65.8 Å². The van der Waals surface area contributed by atoms with E-state index < -0.39 is 0 Å². The fourth-order valence-electron chi connectivity index (χ4n) is 5.21. The van der Waals surface area contributed by atoms with Crippen molar-refractivity contribution in [2.24, 2.45) is 5.92 Å². The Morgan fingerprint density at radius 1 is 1.08 bits per heavy atom. The van der Waals surface area contributed by atoms with Crippen molar-refractivity contribution in [2.45, 2.75) is 71.1 Å². The maximum atomic E-state index is 13.8. The lowest BCUT2D eigenvalue weighted by molar-refractivity contribution is 0.0728. The molecule has 6 rings (SSSR count). The summed E-state index contributed by atoms with van der Waals surface area (Å²) in [6.07, 6.45) is 10.5. The van der Waals surface area contributed by atoms with Crippen LogP contribution in [0.5, 0.6) is 11.5 Å².